The molecule has 0 amide bonds. The largest absolute Gasteiger partial charge is 0.488 e. The van der Waals surface area contributed by atoms with E-state index in [0.717, 1.165) is 5.56 Å². The summed E-state index contributed by atoms with van der Waals surface area (Å²) in [7, 11) is 0. The Morgan fingerprint density at radius 3 is 2.67 bits per heavy atom. The molecule has 0 heterocycles. The second-order valence-electron chi connectivity index (χ2n) is 4.27. The van der Waals surface area contributed by atoms with Gasteiger partial charge in [-0.25, -0.2) is 0 Å². The highest BCUT2D eigenvalue weighted by molar-refractivity contribution is 9.10. The van der Waals surface area contributed by atoms with Crippen molar-refractivity contribution in [3.8, 4) is 5.75 Å². The van der Waals surface area contributed by atoms with E-state index in [1.54, 1.807) is 30.3 Å². The van der Waals surface area contributed by atoms with Crippen LogP contribution in [0.3, 0.4) is 0 Å². The van der Waals surface area contributed by atoms with E-state index in [1.807, 2.05) is 0 Å². The Bertz CT molecular complexity index is 679. The Kier molecular flexibility index (Phi) is 5.17. The van der Waals surface area contributed by atoms with Gasteiger partial charge in [-0.3, -0.25) is 10.1 Å². The van der Waals surface area contributed by atoms with Crippen LogP contribution in [-0.2, 0) is 13.2 Å². The van der Waals surface area contributed by atoms with Crippen molar-refractivity contribution in [3.63, 3.8) is 0 Å². The molecule has 21 heavy (non-hydrogen) atoms. The molecule has 2 aromatic carbocycles. The lowest BCUT2D eigenvalue weighted by Gasteiger charge is -2.11. The van der Waals surface area contributed by atoms with Crippen LogP contribution >= 0.6 is 27.5 Å². The third-order valence-corrected chi connectivity index (χ3v) is 3.60. The molecule has 110 valence electrons. The first kappa shape index (κ1) is 15.8. The molecule has 0 aromatic heterocycles. The third kappa shape index (κ3) is 3.93. The number of hydrogen-bond donors (Lipinski definition) is 1. The Labute approximate surface area is 134 Å². The molecular formula is C14H12BrClN2O3. The molecule has 0 atom stereocenters. The van der Waals surface area contributed by atoms with Crippen LogP contribution in [0.25, 0.3) is 0 Å². The molecule has 0 aliphatic carbocycles. The van der Waals surface area contributed by atoms with Gasteiger partial charge in [0, 0.05) is 27.7 Å². The van der Waals surface area contributed by atoms with Crippen LogP contribution in [0.4, 0.5) is 5.69 Å². The van der Waals surface area contributed by atoms with Crippen LogP contribution in [0.5, 0.6) is 5.75 Å². The zero-order valence-corrected chi connectivity index (χ0v) is 13.2. The molecule has 0 fully saturated rings. The predicted octanol–water partition coefficient (Wildman–Crippen LogP) is 4.05. The zero-order chi connectivity index (χ0) is 15.4. The Morgan fingerprint density at radius 2 is 2.00 bits per heavy atom. The Balaban J connectivity index is 2.22. The smallest absolute Gasteiger partial charge is 0.277 e. The van der Waals surface area contributed by atoms with E-state index in [0.29, 0.717) is 20.8 Å². The fourth-order valence-electron chi connectivity index (χ4n) is 1.83. The first-order chi connectivity index (χ1) is 10.0. The summed E-state index contributed by atoms with van der Waals surface area (Å²) < 4.78 is 6.29. The first-order valence-electron chi connectivity index (χ1n) is 6.05. The van der Waals surface area contributed by atoms with Crippen LogP contribution in [0.1, 0.15) is 11.1 Å². The van der Waals surface area contributed by atoms with Gasteiger partial charge < -0.3 is 10.5 Å². The van der Waals surface area contributed by atoms with Crippen LogP contribution in [-0.4, -0.2) is 4.92 Å². The zero-order valence-electron chi connectivity index (χ0n) is 10.9. The average Bonchev–Trinajstić information content (AvgIpc) is 2.46. The predicted molar refractivity (Wildman–Crippen MR) is 84.5 cm³/mol. The van der Waals surface area contributed by atoms with E-state index in [4.69, 9.17) is 22.1 Å². The van der Waals surface area contributed by atoms with Crippen LogP contribution in [0.15, 0.2) is 40.9 Å². The highest BCUT2D eigenvalue weighted by Crippen LogP contribution is 2.27. The van der Waals surface area contributed by atoms with Gasteiger partial charge in [0.2, 0.25) is 0 Å². The molecule has 0 bridgehead atoms. The number of hydrogen-bond acceptors (Lipinski definition) is 4. The molecule has 0 aliphatic rings. The summed E-state index contributed by atoms with van der Waals surface area (Å²) >= 11 is 9.11. The van der Waals surface area contributed by atoms with E-state index in [-0.39, 0.29) is 18.8 Å². The molecule has 7 heteroatoms. The number of ether oxygens (including phenoxy) is 1. The first-order valence-corrected chi connectivity index (χ1v) is 7.22. The Hall–Kier alpha value is -1.63. The fourth-order valence-corrected chi connectivity index (χ4v) is 2.38. The van der Waals surface area contributed by atoms with Crippen molar-refractivity contribution in [2.75, 3.05) is 0 Å². The van der Waals surface area contributed by atoms with E-state index in [2.05, 4.69) is 15.9 Å². The quantitative estimate of drug-likeness (QED) is 0.635. The highest BCUT2D eigenvalue weighted by Gasteiger charge is 2.15. The summed E-state index contributed by atoms with van der Waals surface area (Å²) in [6, 6.07) is 9.94. The minimum absolute atomic E-state index is 0.00707. The highest BCUT2D eigenvalue weighted by atomic mass is 79.9. The number of nitrogens with zero attached hydrogens (tertiary/aromatic N) is 1. The van der Waals surface area contributed by atoms with Gasteiger partial charge in [-0.15, -0.1) is 0 Å². The number of rotatable bonds is 5. The van der Waals surface area contributed by atoms with Gasteiger partial charge in [0.25, 0.3) is 5.69 Å². The number of benzene rings is 2. The van der Waals surface area contributed by atoms with Crippen molar-refractivity contribution in [2.45, 2.75) is 13.2 Å². The molecule has 2 aromatic rings. The molecule has 0 aliphatic heterocycles. The van der Waals surface area contributed by atoms with Gasteiger partial charge in [-0.2, -0.15) is 0 Å². The van der Waals surface area contributed by atoms with Gasteiger partial charge in [0.1, 0.15) is 12.4 Å². The van der Waals surface area contributed by atoms with Gasteiger partial charge in [0.05, 0.1) is 10.5 Å². The summed E-state index contributed by atoms with van der Waals surface area (Å²) in [5, 5.41) is 11.6. The average molecular weight is 372 g/mol. The van der Waals surface area contributed by atoms with E-state index < -0.39 is 4.92 Å². The van der Waals surface area contributed by atoms with Crippen molar-refractivity contribution in [3.05, 3.63) is 67.1 Å². The number of nitrogens with two attached hydrogens (primary N) is 1. The van der Waals surface area contributed by atoms with Crippen LogP contribution < -0.4 is 10.5 Å². The maximum Gasteiger partial charge on any atom is 0.277 e. The minimum Gasteiger partial charge on any atom is -0.488 e. The van der Waals surface area contributed by atoms with E-state index in [1.165, 1.54) is 6.07 Å². The molecule has 5 nitrogen and oxygen atoms in total. The van der Waals surface area contributed by atoms with Crippen molar-refractivity contribution < 1.29 is 9.66 Å². The maximum atomic E-state index is 11.0. The second kappa shape index (κ2) is 6.89. The van der Waals surface area contributed by atoms with Crippen molar-refractivity contribution in [2.24, 2.45) is 5.73 Å². The van der Waals surface area contributed by atoms with Crippen molar-refractivity contribution in [1.29, 1.82) is 0 Å². The molecule has 0 spiro atoms. The van der Waals surface area contributed by atoms with Crippen molar-refractivity contribution >= 4 is 33.2 Å². The minimum atomic E-state index is -0.435. The van der Waals surface area contributed by atoms with Crippen molar-refractivity contribution in [1.82, 2.24) is 0 Å². The van der Waals surface area contributed by atoms with Crippen LogP contribution in [0, 0.1) is 10.1 Å². The summed E-state index contributed by atoms with van der Waals surface area (Å²) in [4.78, 5) is 10.6. The third-order valence-electron chi connectivity index (χ3n) is 2.87. The lowest BCUT2D eigenvalue weighted by Crippen LogP contribution is -2.04. The lowest BCUT2D eigenvalue weighted by atomic mass is 10.2. The fraction of sp³-hybridized carbons (Fsp3) is 0.143. The monoisotopic (exact) mass is 370 g/mol. The number of nitro benzene ring substituents is 1. The molecule has 0 radical (unpaired) electrons. The molecule has 0 saturated heterocycles. The molecule has 2 rings (SSSR count). The van der Waals surface area contributed by atoms with E-state index in [9.17, 15) is 10.1 Å². The number of nitro groups is 1. The maximum absolute atomic E-state index is 11.0. The SMILES string of the molecule is NCc1cc(Cl)ccc1OCc1ccc(Br)cc1[N+](=O)[O-]. The molecular weight excluding hydrogens is 360 g/mol. The summed E-state index contributed by atoms with van der Waals surface area (Å²) in [5.74, 6) is 0.569. The van der Waals surface area contributed by atoms with E-state index >= 15 is 0 Å². The summed E-state index contributed by atoms with van der Waals surface area (Å²) in [5.41, 5.74) is 6.88. The van der Waals surface area contributed by atoms with Gasteiger partial charge in [-0.1, -0.05) is 27.5 Å². The number of halogens is 2. The lowest BCUT2D eigenvalue weighted by molar-refractivity contribution is -0.385. The van der Waals surface area contributed by atoms with Crippen LogP contribution in [0.2, 0.25) is 5.02 Å². The summed E-state index contributed by atoms with van der Waals surface area (Å²) in [6.45, 7) is 0.358. The van der Waals surface area contributed by atoms with Gasteiger partial charge >= 0.3 is 0 Å². The topological polar surface area (TPSA) is 78.4 Å². The summed E-state index contributed by atoms with van der Waals surface area (Å²) in [6.07, 6.45) is 0. The van der Waals surface area contributed by atoms with Gasteiger partial charge in [0.15, 0.2) is 0 Å². The molecule has 0 unspecified atom stereocenters. The standard InChI is InChI=1S/C14H12BrClN2O3/c15-11-2-1-9(13(6-11)18(19)20)8-21-14-4-3-12(16)5-10(14)7-17/h1-6H,7-8,17H2. The van der Waals surface area contributed by atoms with Gasteiger partial charge in [-0.05, 0) is 30.3 Å². The molecule has 0 saturated carbocycles. The molecule has 2 N–H and O–H groups in total. The normalized spacial score (nSPS) is 10.4. The second-order valence-corrected chi connectivity index (χ2v) is 5.63. The Morgan fingerprint density at radius 1 is 1.24 bits per heavy atom.